The summed E-state index contributed by atoms with van der Waals surface area (Å²) in [7, 11) is -1.82. The van der Waals surface area contributed by atoms with Crippen molar-refractivity contribution in [3.05, 3.63) is 34.5 Å². The van der Waals surface area contributed by atoms with Crippen molar-refractivity contribution in [1.29, 1.82) is 0 Å². The summed E-state index contributed by atoms with van der Waals surface area (Å²) in [6.07, 6.45) is 6.28. The van der Waals surface area contributed by atoms with E-state index in [1.165, 1.54) is 17.3 Å². The lowest BCUT2D eigenvalue weighted by atomic mass is 9.94. The zero-order valence-corrected chi connectivity index (χ0v) is 18.5. The number of ether oxygens (including phenoxy) is 2. The van der Waals surface area contributed by atoms with Crippen LogP contribution in [0.5, 0.6) is 5.88 Å². The molecule has 1 aliphatic heterocycles. The first-order valence-corrected chi connectivity index (χ1v) is 12.2. The van der Waals surface area contributed by atoms with E-state index in [9.17, 15) is 9.00 Å². The number of hydrogen-bond donors (Lipinski definition) is 2. The van der Waals surface area contributed by atoms with Gasteiger partial charge in [0.05, 0.1) is 18.8 Å². The highest BCUT2D eigenvalue weighted by Gasteiger charge is 2.32. The van der Waals surface area contributed by atoms with E-state index in [-0.39, 0.29) is 16.9 Å². The predicted octanol–water partition coefficient (Wildman–Crippen LogP) is 2.93. The second kappa shape index (κ2) is 7.61. The number of nitrogens with two attached hydrogens (primary N) is 1. The summed E-state index contributed by atoms with van der Waals surface area (Å²) in [5, 5.41) is 13.1. The lowest BCUT2D eigenvalue weighted by Crippen LogP contribution is -2.19. The number of nitrogens with zero attached hydrogens (tertiary/aromatic N) is 3. The number of anilines is 1. The molecule has 31 heavy (non-hydrogen) atoms. The van der Waals surface area contributed by atoms with Gasteiger partial charge in [0, 0.05) is 18.7 Å². The second-order valence-electron chi connectivity index (χ2n) is 8.52. The van der Waals surface area contributed by atoms with Crippen molar-refractivity contribution >= 4 is 21.6 Å². The van der Waals surface area contributed by atoms with E-state index in [0.29, 0.717) is 19.1 Å². The number of methoxy groups -OCH3 is 1. The smallest absolute Gasteiger partial charge is 0.354 e. The minimum absolute atomic E-state index is 0.0139. The van der Waals surface area contributed by atoms with Crippen LogP contribution in [0.4, 0.5) is 10.5 Å². The van der Waals surface area contributed by atoms with Gasteiger partial charge in [-0.15, -0.1) is 4.36 Å². The molecule has 1 aromatic heterocycles. The van der Waals surface area contributed by atoms with Crippen LogP contribution in [0.1, 0.15) is 54.0 Å². The van der Waals surface area contributed by atoms with Gasteiger partial charge >= 0.3 is 6.03 Å². The number of fused-ring (bicyclic) bond motifs is 3. The van der Waals surface area contributed by atoms with E-state index < -0.39 is 15.9 Å². The van der Waals surface area contributed by atoms with Crippen LogP contribution < -0.4 is 15.2 Å². The first kappa shape index (κ1) is 20.5. The van der Waals surface area contributed by atoms with E-state index >= 15 is 0 Å². The highest BCUT2D eigenvalue weighted by Crippen LogP contribution is 2.44. The third kappa shape index (κ3) is 3.42. The zero-order valence-electron chi connectivity index (χ0n) is 17.7. The van der Waals surface area contributed by atoms with Gasteiger partial charge in [-0.25, -0.2) is 18.8 Å². The second-order valence-corrected chi connectivity index (χ2v) is 10.3. The molecule has 3 atom stereocenters. The molecule has 2 heterocycles. The number of hydrogen-bond acceptors (Lipinski definition) is 5. The van der Waals surface area contributed by atoms with E-state index in [4.69, 9.17) is 14.6 Å². The lowest BCUT2D eigenvalue weighted by Gasteiger charge is -2.19. The largest absolute Gasteiger partial charge is 0.475 e. The van der Waals surface area contributed by atoms with Gasteiger partial charge in [0.2, 0.25) is 5.88 Å². The highest BCUT2D eigenvalue weighted by atomic mass is 32.2. The molecule has 3 N–H and O–H groups in total. The van der Waals surface area contributed by atoms with Gasteiger partial charge < -0.3 is 14.8 Å². The molecule has 0 spiro atoms. The predicted molar refractivity (Wildman–Crippen MR) is 116 cm³/mol. The lowest BCUT2D eigenvalue weighted by molar-refractivity contribution is 0.179. The van der Waals surface area contributed by atoms with Crippen LogP contribution in [0, 0.1) is 0 Å². The number of rotatable bonds is 4. The number of urea groups is 1. The van der Waals surface area contributed by atoms with Crippen LogP contribution in [0.25, 0.3) is 0 Å². The summed E-state index contributed by atoms with van der Waals surface area (Å²) in [5.74, 6) is 0.537. The van der Waals surface area contributed by atoms with Gasteiger partial charge in [0.15, 0.2) is 9.92 Å². The summed E-state index contributed by atoms with van der Waals surface area (Å²) in [6.45, 7) is 2.95. The molecule has 0 bridgehead atoms. The molecule has 5 rings (SSSR count). The number of carbonyl (C=O) groups excluding carboxylic acids is 1. The van der Waals surface area contributed by atoms with E-state index in [1.54, 1.807) is 11.8 Å². The number of amides is 2. The Labute approximate surface area is 181 Å². The molecule has 2 amide bonds. The first-order chi connectivity index (χ1) is 14.9. The summed E-state index contributed by atoms with van der Waals surface area (Å²) in [4.78, 5) is 13.1. The van der Waals surface area contributed by atoms with Crippen molar-refractivity contribution in [1.82, 2.24) is 9.78 Å². The topological polar surface area (TPSA) is 121 Å². The average molecular weight is 446 g/mol. The van der Waals surface area contributed by atoms with E-state index in [2.05, 4.69) is 20.8 Å². The Kier molecular flexibility index (Phi) is 5.03. The van der Waals surface area contributed by atoms with Gasteiger partial charge in [-0.05, 0) is 61.3 Å². The Morgan fingerprint density at radius 1 is 1.42 bits per heavy atom. The van der Waals surface area contributed by atoms with Crippen LogP contribution in [0.2, 0.25) is 0 Å². The molecule has 0 radical (unpaired) electrons. The fourth-order valence-corrected chi connectivity index (χ4v) is 6.03. The molecule has 9 nitrogen and oxygen atoms in total. The zero-order chi connectivity index (χ0) is 21.8. The molecule has 2 aromatic rings. The fraction of sp³-hybridized carbons (Fsp3) is 0.524. The number of nitrogens with one attached hydrogen (secondary N) is 1. The van der Waals surface area contributed by atoms with Crippen molar-refractivity contribution in [3.63, 3.8) is 0 Å². The van der Waals surface area contributed by atoms with Crippen molar-refractivity contribution < 1.29 is 18.5 Å². The Hall–Kier alpha value is -2.43. The molecule has 2 aliphatic carbocycles. The monoisotopic (exact) mass is 445 g/mol. The minimum atomic E-state index is -3.51. The van der Waals surface area contributed by atoms with Crippen molar-refractivity contribution in [2.24, 2.45) is 9.50 Å². The molecule has 0 unspecified atom stereocenters. The molecule has 10 heteroatoms. The Morgan fingerprint density at radius 3 is 3.06 bits per heavy atom. The number of benzene rings is 1. The van der Waals surface area contributed by atoms with Gasteiger partial charge in [-0.1, -0.05) is 6.07 Å². The van der Waals surface area contributed by atoms with E-state index in [0.717, 1.165) is 48.9 Å². The maximum absolute atomic E-state index is 13.1. The molecule has 3 aliphatic rings. The highest BCUT2D eigenvalue weighted by molar-refractivity contribution is 7.91. The maximum Gasteiger partial charge on any atom is 0.354 e. The number of aryl methyl sites for hydroxylation is 2. The van der Waals surface area contributed by atoms with Gasteiger partial charge in [-0.2, -0.15) is 5.10 Å². The van der Waals surface area contributed by atoms with Crippen LogP contribution in [0.15, 0.2) is 21.5 Å². The Balaban J connectivity index is 1.50. The van der Waals surface area contributed by atoms with Crippen LogP contribution in [-0.2, 0) is 33.9 Å². The van der Waals surface area contributed by atoms with Crippen LogP contribution in [-0.4, -0.2) is 40.3 Å². The average Bonchev–Trinajstić information content (AvgIpc) is 3.47. The van der Waals surface area contributed by atoms with Crippen LogP contribution >= 0.6 is 0 Å². The third-order valence-electron chi connectivity index (χ3n) is 6.43. The molecule has 1 aromatic carbocycles. The molecular weight excluding hydrogens is 418 g/mol. The van der Waals surface area contributed by atoms with E-state index in [1.807, 2.05) is 6.92 Å². The van der Waals surface area contributed by atoms with Crippen LogP contribution in [0.3, 0.4) is 0 Å². The normalized spacial score (nSPS) is 22.9. The van der Waals surface area contributed by atoms with Crippen molar-refractivity contribution in [2.45, 2.75) is 55.9 Å². The SMILES string of the molecule is COC[C@H]1CCc2cc3c(c(NC(=O)N=[S@](N)(=O)c4cnn5c4OC[C@H]5C)c21)CCC3. The van der Waals surface area contributed by atoms with Crippen molar-refractivity contribution in [3.8, 4) is 5.88 Å². The third-order valence-corrected chi connectivity index (χ3v) is 7.77. The molecule has 0 fully saturated rings. The summed E-state index contributed by atoms with van der Waals surface area (Å²) < 4.78 is 29.6. The Bertz CT molecular complexity index is 1180. The van der Waals surface area contributed by atoms with Crippen molar-refractivity contribution in [2.75, 3.05) is 25.6 Å². The number of carbonyl (C=O) groups is 1. The quantitative estimate of drug-likeness (QED) is 0.749. The number of aromatic nitrogens is 2. The molecule has 0 saturated carbocycles. The molecule has 166 valence electrons. The van der Waals surface area contributed by atoms with Gasteiger partial charge in [0.1, 0.15) is 11.5 Å². The molecular formula is C21H27N5O4S. The minimum Gasteiger partial charge on any atom is -0.475 e. The first-order valence-electron chi connectivity index (χ1n) is 10.6. The fourth-order valence-electron chi connectivity index (χ4n) is 5.04. The standard InChI is InChI=1S/C21H27N5O4S/c1-12-10-30-20-17(9-23-26(12)20)31(22,28)25-21(27)24-19-16-5-3-4-13(16)8-14-6-7-15(11-29-2)18(14)19/h8-9,12,15H,3-7,10-11H2,1-2H3,(H3,22,24,25,27,28)/t12-,15-,31+/m1/s1. The summed E-state index contributed by atoms with van der Waals surface area (Å²) in [6, 6.07) is 1.57. The summed E-state index contributed by atoms with van der Waals surface area (Å²) >= 11 is 0. The summed E-state index contributed by atoms with van der Waals surface area (Å²) in [5.41, 5.74) is 5.61. The van der Waals surface area contributed by atoms with Gasteiger partial charge in [0.25, 0.3) is 0 Å². The van der Waals surface area contributed by atoms with Gasteiger partial charge in [-0.3, -0.25) is 0 Å². The Morgan fingerprint density at radius 2 is 2.26 bits per heavy atom. The maximum atomic E-state index is 13.1. The molecule has 0 saturated heterocycles.